The molecule has 0 fully saturated rings. The summed E-state index contributed by atoms with van der Waals surface area (Å²) >= 11 is -3.97. The third-order valence-electron chi connectivity index (χ3n) is 6.94. The first-order chi connectivity index (χ1) is 13.4. The molecule has 0 unspecified atom stereocenters. The molecule has 4 rings (SSSR count). The molecule has 2 aromatic rings. The smallest absolute Gasteiger partial charge is 0.147 e. The summed E-state index contributed by atoms with van der Waals surface area (Å²) in [6.45, 7) is 11.7. The van der Waals surface area contributed by atoms with Crippen molar-refractivity contribution >= 4 is 38.2 Å². The average Bonchev–Trinajstić information content (AvgIpc) is 3.23. The Kier molecular flexibility index (Phi) is 7.85. The first kappa shape index (κ1) is 25.3. The van der Waals surface area contributed by atoms with Crippen LogP contribution in [0, 0.1) is 0 Å². The fraction of sp³-hybridized carbons (Fsp3) is 0.231. The van der Waals surface area contributed by atoms with Gasteiger partial charge in [0.25, 0.3) is 0 Å². The van der Waals surface area contributed by atoms with Gasteiger partial charge >= 0.3 is 173 Å². The zero-order valence-electron chi connectivity index (χ0n) is 18.4. The van der Waals surface area contributed by atoms with Crippen molar-refractivity contribution < 1.29 is 17.4 Å². The summed E-state index contributed by atoms with van der Waals surface area (Å²) in [4.78, 5) is 0. The van der Waals surface area contributed by atoms with Crippen LogP contribution in [0.5, 0.6) is 0 Å². The van der Waals surface area contributed by atoms with Crippen LogP contribution in [0.2, 0.25) is 0 Å². The molecule has 0 saturated carbocycles. The summed E-state index contributed by atoms with van der Waals surface area (Å²) in [5.41, 5.74) is 6.03. The summed E-state index contributed by atoms with van der Waals surface area (Å²) in [6, 6.07) is 23.0. The standard InChI is InChI=1S/2C7H9.2C6H5.2ClH.H2Si.Zr/c2*1-6-3-4-7(2)5-6;2*1-2-4-6-5-3-1;;;;/h2*5H,3H2,1-2H3;2*1-5H;2*1H;1H2;. The number of hydrogen-bond donors (Lipinski definition) is 0. The van der Waals surface area contributed by atoms with Gasteiger partial charge < -0.3 is 0 Å². The Morgan fingerprint density at radius 2 is 0.933 bits per heavy atom. The van der Waals surface area contributed by atoms with E-state index in [1.807, 2.05) is 0 Å². The van der Waals surface area contributed by atoms with E-state index in [2.05, 4.69) is 107 Å². The van der Waals surface area contributed by atoms with Gasteiger partial charge in [0.15, 0.2) is 0 Å². The van der Waals surface area contributed by atoms with E-state index in [1.165, 1.54) is 22.3 Å². The van der Waals surface area contributed by atoms with Gasteiger partial charge in [-0.15, -0.1) is 24.8 Å². The summed E-state index contributed by atoms with van der Waals surface area (Å²) in [5, 5.41) is 0. The largest absolute Gasteiger partial charge is 0.147 e. The second kappa shape index (κ2) is 9.29. The maximum Gasteiger partial charge on any atom is -0.147 e. The summed E-state index contributed by atoms with van der Waals surface area (Å²) in [7, 11) is 0. The summed E-state index contributed by atoms with van der Waals surface area (Å²) in [5.74, 6) is 0. The third-order valence-corrected chi connectivity index (χ3v) is 34.1. The molecule has 30 heavy (non-hydrogen) atoms. The Bertz CT molecular complexity index is 1040. The number of rotatable bonds is 4. The van der Waals surface area contributed by atoms with Crippen molar-refractivity contribution in [1.29, 1.82) is 0 Å². The van der Waals surface area contributed by atoms with Gasteiger partial charge in [-0.25, -0.2) is 0 Å². The van der Waals surface area contributed by atoms with Crippen LogP contribution in [0.1, 0.15) is 40.5 Å². The van der Waals surface area contributed by atoms with E-state index in [1.54, 1.807) is 13.1 Å². The predicted molar refractivity (Wildman–Crippen MR) is 137 cm³/mol. The van der Waals surface area contributed by atoms with Gasteiger partial charge in [0.05, 0.1) is 0 Å². The number of hydrogen-bond acceptors (Lipinski definition) is 0. The van der Waals surface area contributed by atoms with Crippen molar-refractivity contribution in [3.63, 3.8) is 0 Å². The van der Waals surface area contributed by atoms with Gasteiger partial charge in [0.2, 0.25) is 0 Å². The summed E-state index contributed by atoms with van der Waals surface area (Å²) < 4.78 is 6.66. The van der Waals surface area contributed by atoms with Crippen LogP contribution >= 0.6 is 24.8 Å². The van der Waals surface area contributed by atoms with E-state index in [9.17, 15) is 0 Å². The fourth-order valence-electron chi connectivity index (χ4n) is 5.77. The quantitative estimate of drug-likeness (QED) is 0.424. The molecule has 0 nitrogen and oxygen atoms in total. The minimum atomic E-state index is -3.97. The van der Waals surface area contributed by atoms with Gasteiger partial charge in [-0.05, 0) is 0 Å². The number of benzene rings is 2. The maximum absolute atomic E-state index is 3.97. The molecule has 158 valence electrons. The van der Waals surface area contributed by atoms with Crippen LogP contribution in [0.25, 0.3) is 0 Å². The molecule has 0 spiro atoms. The average molecular weight is 535 g/mol. The first-order valence-corrected chi connectivity index (χ1v) is 21.1. The van der Waals surface area contributed by atoms with Gasteiger partial charge in [0.1, 0.15) is 0 Å². The molecule has 4 heteroatoms. The van der Waals surface area contributed by atoms with Gasteiger partial charge in [-0.2, -0.15) is 0 Å². The molecule has 0 heterocycles. The molecule has 0 aliphatic heterocycles. The van der Waals surface area contributed by atoms with Crippen LogP contribution < -0.4 is 6.54 Å². The molecule has 0 radical (unpaired) electrons. The van der Waals surface area contributed by atoms with Crippen LogP contribution in [0.4, 0.5) is 0 Å². The molecule has 0 saturated heterocycles. The van der Waals surface area contributed by atoms with E-state index in [4.69, 9.17) is 0 Å². The minimum Gasteiger partial charge on any atom is -0.147 e. The molecule has 0 aromatic heterocycles. The van der Waals surface area contributed by atoms with Gasteiger partial charge in [0, 0.05) is 0 Å². The molecular weight excluding hydrogens is 503 g/mol. The second-order valence-corrected chi connectivity index (χ2v) is 30.2. The first-order valence-electron chi connectivity index (χ1n) is 10.2. The Labute approximate surface area is 196 Å². The Hall–Kier alpha value is -0.920. The fourth-order valence-corrected chi connectivity index (χ4v) is 31.0. The van der Waals surface area contributed by atoms with E-state index in [0.29, 0.717) is 0 Å². The van der Waals surface area contributed by atoms with Crippen molar-refractivity contribution in [2.75, 3.05) is 0 Å². The second-order valence-electron chi connectivity index (χ2n) is 8.85. The molecular formula is C26H32Cl2SiZr. The van der Waals surface area contributed by atoms with E-state index in [-0.39, 0.29) is 24.8 Å². The molecule has 2 aliphatic rings. The number of halogens is 2. The molecule has 0 bridgehead atoms. The SMILES string of the molecule is CC1=CC(C)=[C]([Zr](=[SiH2])([C]2=C(C)C=C(C)C2)([c]2ccccc2)[c]2ccccc2)C1.Cl.Cl. The molecule has 2 aromatic carbocycles. The Balaban J connectivity index is 0.00000160. The molecule has 2 aliphatic carbocycles. The van der Waals surface area contributed by atoms with Crippen molar-refractivity contribution in [2.24, 2.45) is 0 Å². The van der Waals surface area contributed by atoms with Crippen molar-refractivity contribution in [3.05, 3.63) is 102 Å². The van der Waals surface area contributed by atoms with Crippen molar-refractivity contribution in [3.8, 4) is 0 Å². The zero-order valence-corrected chi connectivity index (χ0v) is 23.9. The number of allylic oxidation sites excluding steroid dienone is 8. The topological polar surface area (TPSA) is 0 Å². The van der Waals surface area contributed by atoms with Crippen molar-refractivity contribution in [1.82, 2.24) is 0 Å². The predicted octanol–water partition coefficient (Wildman–Crippen LogP) is 5.97. The molecule has 0 atom stereocenters. The maximum atomic E-state index is 2.44. The Morgan fingerprint density at radius 3 is 1.20 bits per heavy atom. The van der Waals surface area contributed by atoms with Crippen LogP contribution in [0.15, 0.2) is 102 Å². The third kappa shape index (κ3) is 3.65. The molecule has 0 amide bonds. The Morgan fingerprint density at radius 1 is 0.600 bits per heavy atom. The monoisotopic (exact) mass is 532 g/mol. The van der Waals surface area contributed by atoms with Crippen molar-refractivity contribution in [2.45, 2.75) is 40.5 Å². The van der Waals surface area contributed by atoms with E-state index in [0.717, 1.165) is 12.8 Å². The van der Waals surface area contributed by atoms with Crippen LogP contribution in [-0.4, -0.2) is 6.88 Å². The zero-order chi connectivity index (χ0) is 20.0. The van der Waals surface area contributed by atoms with E-state index >= 15 is 0 Å². The molecule has 0 N–H and O–H groups in total. The summed E-state index contributed by atoms with van der Waals surface area (Å²) in [6.07, 6.45) is 7.13. The van der Waals surface area contributed by atoms with Gasteiger partial charge in [-0.3, -0.25) is 0 Å². The van der Waals surface area contributed by atoms with Gasteiger partial charge in [-0.1, -0.05) is 0 Å². The minimum absolute atomic E-state index is 0. The van der Waals surface area contributed by atoms with Crippen LogP contribution in [0.3, 0.4) is 0 Å². The van der Waals surface area contributed by atoms with Crippen LogP contribution in [-0.2, 0) is 17.4 Å². The normalized spacial score (nSPS) is 16.7. The van der Waals surface area contributed by atoms with E-state index < -0.39 is 17.4 Å².